The summed E-state index contributed by atoms with van der Waals surface area (Å²) < 4.78 is 37.4. The van der Waals surface area contributed by atoms with Crippen molar-refractivity contribution in [1.29, 1.82) is 0 Å². The van der Waals surface area contributed by atoms with E-state index < -0.39 is 22.9 Å². The van der Waals surface area contributed by atoms with Crippen LogP contribution in [0.5, 0.6) is 6.01 Å². The molecule has 0 spiro atoms. The number of benzene rings is 2. The number of hydrogen-bond donors (Lipinski definition) is 1. The van der Waals surface area contributed by atoms with Gasteiger partial charge in [0.1, 0.15) is 35.8 Å². The fourth-order valence-electron chi connectivity index (χ4n) is 7.76. The first kappa shape index (κ1) is 36.6. The summed E-state index contributed by atoms with van der Waals surface area (Å²) in [4.78, 5) is 27.9. The smallest absolute Gasteiger partial charge is 0.407 e. The van der Waals surface area contributed by atoms with E-state index >= 15 is 4.39 Å². The molecule has 3 aliphatic heterocycles. The first-order valence-corrected chi connectivity index (χ1v) is 18.5. The van der Waals surface area contributed by atoms with Gasteiger partial charge in [0.05, 0.1) is 17.2 Å². The molecule has 3 aliphatic rings. The van der Waals surface area contributed by atoms with Crippen molar-refractivity contribution in [1.82, 2.24) is 29.5 Å². The van der Waals surface area contributed by atoms with Crippen molar-refractivity contribution >= 4 is 45.3 Å². The Kier molecular flexibility index (Phi) is 9.77. The molecule has 4 aromatic rings. The third kappa shape index (κ3) is 6.54. The van der Waals surface area contributed by atoms with Crippen LogP contribution < -0.4 is 9.64 Å². The number of nitrogens with zero attached hydrogens (tertiary/aromatic N) is 7. The monoisotopic (exact) mass is 737 g/mol. The molecule has 1 amide bonds. The molecule has 0 aliphatic carbocycles. The van der Waals surface area contributed by atoms with Gasteiger partial charge >= 0.3 is 12.1 Å². The van der Waals surface area contributed by atoms with Crippen LogP contribution >= 0.6 is 11.6 Å². The second-order valence-electron chi connectivity index (χ2n) is 15.9. The first-order valence-electron chi connectivity index (χ1n) is 18.2. The van der Waals surface area contributed by atoms with Crippen LogP contribution in [0.3, 0.4) is 0 Å². The van der Waals surface area contributed by atoms with Crippen molar-refractivity contribution in [2.24, 2.45) is 5.41 Å². The number of aromatic nitrogens is 4. The Labute approximate surface area is 308 Å². The van der Waals surface area contributed by atoms with E-state index in [2.05, 4.69) is 9.88 Å². The lowest BCUT2D eigenvalue weighted by Gasteiger charge is -2.56. The maximum Gasteiger partial charge on any atom is 0.407 e. The van der Waals surface area contributed by atoms with E-state index in [0.29, 0.717) is 48.6 Å². The van der Waals surface area contributed by atoms with Crippen LogP contribution in [-0.2, 0) is 9.47 Å². The molecule has 0 saturated carbocycles. The van der Waals surface area contributed by atoms with E-state index in [1.807, 2.05) is 76.5 Å². The SMILES string of the molecule is Cc1ccc2cn(C3CCCCO3)nc2c1-c1c(Cl)cc2c(N3C[C@@](C)(C(C)(C)C)N(C(=O)O)C[C@@H]3C)nc(OCC3CN(C)CCO3)nc2c1F. The average molecular weight is 738 g/mol. The number of carbonyl (C=O) groups is 1. The lowest BCUT2D eigenvalue weighted by Crippen LogP contribution is -2.70. The molecular weight excluding hydrogens is 689 g/mol. The number of morpholine rings is 1. The Balaban J connectivity index is 1.39. The van der Waals surface area contributed by atoms with Crippen LogP contribution in [0, 0.1) is 18.2 Å². The Morgan fingerprint density at radius 2 is 1.92 bits per heavy atom. The van der Waals surface area contributed by atoms with Crippen molar-refractivity contribution in [3.8, 4) is 17.1 Å². The maximum atomic E-state index is 17.4. The summed E-state index contributed by atoms with van der Waals surface area (Å²) >= 11 is 7.12. The van der Waals surface area contributed by atoms with Crippen LogP contribution in [0.25, 0.3) is 32.9 Å². The highest BCUT2D eigenvalue weighted by atomic mass is 35.5. The number of carboxylic acid groups (broad SMARTS) is 1. The van der Waals surface area contributed by atoms with Crippen LogP contribution in [0.4, 0.5) is 15.0 Å². The second-order valence-corrected chi connectivity index (χ2v) is 16.3. The number of ether oxygens (including phenoxy) is 3. The lowest BCUT2D eigenvalue weighted by atomic mass is 9.71. The van der Waals surface area contributed by atoms with E-state index in [4.69, 9.17) is 35.9 Å². The van der Waals surface area contributed by atoms with E-state index in [1.54, 1.807) is 6.07 Å². The summed E-state index contributed by atoms with van der Waals surface area (Å²) in [6.07, 6.45) is 3.48. The predicted octanol–water partition coefficient (Wildman–Crippen LogP) is 7.15. The van der Waals surface area contributed by atoms with Gasteiger partial charge in [0, 0.05) is 66.9 Å². The number of aryl methyl sites for hydroxylation is 1. The zero-order chi connectivity index (χ0) is 37.1. The number of rotatable bonds is 6. The molecule has 2 unspecified atom stereocenters. The summed E-state index contributed by atoms with van der Waals surface area (Å²) in [5, 5.41) is 16.7. The minimum Gasteiger partial charge on any atom is -0.465 e. The Bertz CT molecular complexity index is 2000. The van der Waals surface area contributed by atoms with Crippen LogP contribution in [0.15, 0.2) is 24.4 Å². The van der Waals surface area contributed by atoms with Crippen LogP contribution in [-0.4, -0.2) is 111 Å². The van der Waals surface area contributed by atoms with Crippen molar-refractivity contribution in [2.75, 3.05) is 57.9 Å². The third-order valence-corrected chi connectivity index (χ3v) is 11.7. The molecule has 12 nitrogen and oxygen atoms in total. The van der Waals surface area contributed by atoms with Gasteiger partial charge in [0.25, 0.3) is 0 Å². The van der Waals surface area contributed by atoms with E-state index in [-0.39, 0.29) is 53.6 Å². The van der Waals surface area contributed by atoms with Gasteiger partial charge < -0.3 is 29.1 Å². The van der Waals surface area contributed by atoms with Gasteiger partial charge in [-0.3, -0.25) is 4.90 Å². The third-order valence-electron chi connectivity index (χ3n) is 11.4. The highest BCUT2D eigenvalue weighted by molar-refractivity contribution is 6.35. The largest absolute Gasteiger partial charge is 0.465 e. The maximum absolute atomic E-state index is 17.4. The fourth-order valence-corrected chi connectivity index (χ4v) is 8.05. The zero-order valence-electron chi connectivity index (χ0n) is 31.1. The van der Waals surface area contributed by atoms with Crippen LogP contribution in [0.2, 0.25) is 5.02 Å². The van der Waals surface area contributed by atoms with Crippen molar-refractivity contribution in [2.45, 2.75) is 84.7 Å². The highest BCUT2D eigenvalue weighted by Gasteiger charge is 2.51. The van der Waals surface area contributed by atoms with Gasteiger partial charge in [-0.05, 0) is 64.1 Å². The second kappa shape index (κ2) is 13.9. The molecule has 14 heteroatoms. The van der Waals surface area contributed by atoms with Gasteiger partial charge in [-0.1, -0.05) is 44.5 Å². The number of anilines is 1. The molecule has 2 aromatic carbocycles. The van der Waals surface area contributed by atoms with E-state index in [1.165, 1.54) is 4.90 Å². The van der Waals surface area contributed by atoms with Crippen molar-refractivity contribution in [3.05, 3.63) is 40.8 Å². The molecule has 5 heterocycles. The summed E-state index contributed by atoms with van der Waals surface area (Å²) in [6.45, 7) is 15.3. The predicted molar refractivity (Wildman–Crippen MR) is 199 cm³/mol. The first-order chi connectivity index (χ1) is 24.7. The fraction of sp³-hybridized carbons (Fsp3) is 0.579. The van der Waals surface area contributed by atoms with Crippen molar-refractivity contribution in [3.63, 3.8) is 0 Å². The number of piperazine rings is 1. The number of halogens is 2. The minimum absolute atomic E-state index is 0.00507. The van der Waals surface area contributed by atoms with Gasteiger partial charge in [0.2, 0.25) is 0 Å². The quantitative estimate of drug-likeness (QED) is 0.219. The molecular formula is C38H49ClFN7O5. The molecule has 3 saturated heterocycles. The number of likely N-dealkylation sites (N-methyl/N-ethyl adjacent to an activating group) is 1. The summed E-state index contributed by atoms with van der Waals surface area (Å²) in [5.41, 5.74) is 1.00. The Morgan fingerprint density at radius 1 is 1.13 bits per heavy atom. The molecule has 3 fully saturated rings. The standard InChI is InChI=1S/C38H49ClFN7O5/c1-22-11-12-24-18-47(28-10-8-9-14-51-28)43-32(24)29(22)30-27(39)16-26-33(31(30)40)41-35(52-20-25-19-44(7)13-15-50-25)42-34(26)45-21-38(6,37(3,4)5)46(36(48)49)17-23(45)2/h11-12,16,18,23,25,28H,8-10,13-15,17,19-21H2,1-7H3,(H,48,49)/t23-,25?,28?,38-/m0/s1. The summed E-state index contributed by atoms with van der Waals surface area (Å²) in [5.74, 6) is -0.185. The van der Waals surface area contributed by atoms with Gasteiger partial charge in [-0.15, -0.1) is 0 Å². The molecule has 0 bridgehead atoms. The number of hydrogen-bond acceptors (Lipinski definition) is 9. The zero-order valence-corrected chi connectivity index (χ0v) is 31.8. The summed E-state index contributed by atoms with van der Waals surface area (Å²) in [7, 11) is 2.03. The average Bonchev–Trinajstić information content (AvgIpc) is 3.53. The Hall–Kier alpha value is -3.78. The molecule has 7 rings (SSSR count). The molecule has 4 atom stereocenters. The number of fused-ring (bicyclic) bond motifs is 2. The van der Waals surface area contributed by atoms with Crippen molar-refractivity contribution < 1.29 is 28.5 Å². The molecule has 280 valence electrons. The normalized spacial score (nSPS) is 24.9. The van der Waals surface area contributed by atoms with Gasteiger partial charge in [-0.2, -0.15) is 15.1 Å². The summed E-state index contributed by atoms with van der Waals surface area (Å²) in [6, 6.07) is 5.34. The van der Waals surface area contributed by atoms with Gasteiger partial charge in [0.15, 0.2) is 5.82 Å². The van der Waals surface area contributed by atoms with Crippen LogP contribution in [0.1, 0.15) is 65.7 Å². The number of amides is 1. The van der Waals surface area contributed by atoms with E-state index in [0.717, 1.165) is 36.8 Å². The molecule has 52 heavy (non-hydrogen) atoms. The molecule has 1 N–H and O–H groups in total. The topological polar surface area (TPSA) is 118 Å². The van der Waals surface area contributed by atoms with E-state index in [9.17, 15) is 9.90 Å². The van der Waals surface area contributed by atoms with Gasteiger partial charge in [-0.25, -0.2) is 13.9 Å². The highest BCUT2D eigenvalue weighted by Crippen LogP contribution is 2.45. The lowest BCUT2D eigenvalue weighted by molar-refractivity contribution is -0.0416. The Morgan fingerprint density at radius 3 is 2.62 bits per heavy atom. The minimum atomic E-state index is -0.987. The molecule has 2 aromatic heterocycles. The molecule has 0 radical (unpaired) electrons.